The first-order valence-corrected chi connectivity index (χ1v) is 13.4. The zero-order chi connectivity index (χ0) is 29.2. The number of aromatic nitrogens is 5. The lowest BCUT2D eigenvalue weighted by molar-refractivity contribution is 0.262. The molecule has 2 amide bonds. The number of anilines is 2. The molecule has 210 valence electrons. The molecule has 0 saturated heterocycles. The van der Waals surface area contributed by atoms with Gasteiger partial charge in [0.25, 0.3) is 0 Å². The van der Waals surface area contributed by atoms with Gasteiger partial charge in [-0.05, 0) is 55.8 Å². The van der Waals surface area contributed by atoms with E-state index in [1.807, 2.05) is 60.5 Å². The Balaban J connectivity index is 1.18. The zero-order valence-electron chi connectivity index (χ0n) is 23.2. The summed E-state index contributed by atoms with van der Waals surface area (Å²) in [4.78, 5) is 21.7. The molecule has 6 aromatic rings. The molecule has 10 heteroatoms. The predicted octanol–water partition coefficient (Wildman–Crippen LogP) is 7.66. The van der Waals surface area contributed by atoms with Gasteiger partial charge in [0.15, 0.2) is 0 Å². The minimum absolute atomic E-state index is 0.0206. The van der Waals surface area contributed by atoms with E-state index >= 15 is 4.39 Å². The van der Waals surface area contributed by atoms with Crippen LogP contribution in [-0.2, 0) is 7.05 Å². The van der Waals surface area contributed by atoms with Crippen molar-refractivity contribution in [3.63, 3.8) is 0 Å². The predicted molar refractivity (Wildman–Crippen MR) is 161 cm³/mol. The summed E-state index contributed by atoms with van der Waals surface area (Å²) in [5.41, 5.74) is 4.81. The van der Waals surface area contributed by atoms with Crippen molar-refractivity contribution >= 4 is 28.3 Å². The quantitative estimate of drug-likeness (QED) is 0.209. The minimum Gasteiger partial charge on any atom is -0.457 e. The fourth-order valence-corrected chi connectivity index (χ4v) is 4.60. The number of urea groups is 1. The zero-order valence-corrected chi connectivity index (χ0v) is 23.2. The summed E-state index contributed by atoms with van der Waals surface area (Å²) in [6, 6.07) is 17.2. The number of nitrogens with zero attached hydrogens (tertiary/aromatic N) is 5. The molecule has 4 heterocycles. The molecule has 0 unspecified atom stereocenters. The van der Waals surface area contributed by atoms with Gasteiger partial charge in [0.05, 0.1) is 28.8 Å². The molecule has 0 aliphatic heterocycles. The Morgan fingerprint density at radius 2 is 1.71 bits per heavy atom. The van der Waals surface area contributed by atoms with E-state index in [4.69, 9.17) is 4.74 Å². The first kappa shape index (κ1) is 26.7. The molecule has 9 nitrogen and oxygen atoms in total. The number of hydrogen-bond donors (Lipinski definition) is 2. The lowest BCUT2D eigenvalue weighted by atomic mass is 10.0. The third-order valence-electron chi connectivity index (χ3n) is 6.76. The van der Waals surface area contributed by atoms with E-state index in [0.717, 1.165) is 27.6 Å². The van der Waals surface area contributed by atoms with Crippen molar-refractivity contribution < 1.29 is 13.9 Å². The van der Waals surface area contributed by atoms with Gasteiger partial charge in [-0.2, -0.15) is 5.10 Å². The van der Waals surface area contributed by atoms with E-state index in [2.05, 4.69) is 39.5 Å². The molecule has 42 heavy (non-hydrogen) atoms. The number of ether oxygens (including phenoxy) is 1. The molecule has 0 fully saturated rings. The van der Waals surface area contributed by atoms with Crippen LogP contribution in [0.4, 0.5) is 20.6 Å². The number of rotatable bonds is 7. The lowest BCUT2D eigenvalue weighted by Crippen LogP contribution is -2.20. The van der Waals surface area contributed by atoms with Gasteiger partial charge in [0.1, 0.15) is 17.3 Å². The molecular formula is C32H28FN7O2. The summed E-state index contributed by atoms with van der Waals surface area (Å²) < 4.78 is 24.6. The van der Waals surface area contributed by atoms with Crippen LogP contribution < -0.4 is 15.4 Å². The number of nitrogens with one attached hydrogen (secondary N) is 2. The van der Waals surface area contributed by atoms with E-state index in [9.17, 15) is 4.79 Å². The second-order valence-corrected chi connectivity index (χ2v) is 10.1. The number of fused-ring (bicyclic) bond motifs is 1. The third-order valence-corrected chi connectivity index (χ3v) is 6.76. The van der Waals surface area contributed by atoms with Crippen LogP contribution in [0.5, 0.6) is 11.5 Å². The lowest BCUT2D eigenvalue weighted by Gasteiger charge is -2.11. The normalized spacial score (nSPS) is 11.2. The van der Waals surface area contributed by atoms with E-state index in [-0.39, 0.29) is 17.5 Å². The fraction of sp³-hybridized carbons (Fsp3) is 0.125. The average Bonchev–Trinajstić information content (AvgIpc) is 3.61. The SMILES string of the molecule is CC(C)n1cc(NC(=O)Nc2ccc(Oc3ccnc(-c4cnn(C)c4)c3)cc2F)c(-c2ccc3ncccc3c2)c1. The largest absolute Gasteiger partial charge is 0.457 e. The van der Waals surface area contributed by atoms with Gasteiger partial charge in [0.2, 0.25) is 0 Å². The number of benzene rings is 2. The highest BCUT2D eigenvalue weighted by Crippen LogP contribution is 2.33. The summed E-state index contributed by atoms with van der Waals surface area (Å²) in [6.07, 6.45) is 10.8. The van der Waals surface area contributed by atoms with Gasteiger partial charge in [-0.3, -0.25) is 14.6 Å². The van der Waals surface area contributed by atoms with Crippen molar-refractivity contribution in [2.45, 2.75) is 19.9 Å². The number of aryl methyl sites for hydroxylation is 1. The van der Waals surface area contributed by atoms with Crippen molar-refractivity contribution in [3.05, 3.63) is 104 Å². The Morgan fingerprint density at radius 1 is 0.881 bits per heavy atom. The first-order chi connectivity index (χ1) is 20.3. The van der Waals surface area contributed by atoms with Crippen LogP contribution >= 0.6 is 0 Å². The number of carbonyl (C=O) groups is 1. The number of amides is 2. The maximum absolute atomic E-state index is 15.0. The van der Waals surface area contributed by atoms with Crippen LogP contribution in [-0.4, -0.2) is 30.3 Å². The van der Waals surface area contributed by atoms with Crippen molar-refractivity contribution in [2.75, 3.05) is 10.6 Å². The Kier molecular flexibility index (Phi) is 7.10. The van der Waals surface area contributed by atoms with Crippen LogP contribution in [0.3, 0.4) is 0 Å². The molecule has 0 aliphatic rings. The summed E-state index contributed by atoms with van der Waals surface area (Å²) in [5.74, 6) is 0.142. The average molecular weight is 562 g/mol. The Morgan fingerprint density at radius 3 is 2.50 bits per heavy atom. The van der Waals surface area contributed by atoms with Crippen molar-refractivity contribution in [3.8, 4) is 33.9 Å². The fourth-order valence-electron chi connectivity index (χ4n) is 4.60. The second kappa shape index (κ2) is 11.2. The minimum atomic E-state index is -0.633. The number of hydrogen-bond acceptors (Lipinski definition) is 5. The Labute approximate surface area is 241 Å². The smallest absolute Gasteiger partial charge is 0.323 e. The van der Waals surface area contributed by atoms with E-state index in [1.165, 1.54) is 12.1 Å². The summed E-state index contributed by atoms with van der Waals surface area (Å²) >= 11 is 0. The molecular weight excluding hydrogens is 533 g/mol. The molecule has 0 spiro atoms. The topological polar surface area (TPSA) is 98.9 Å². The molecule has 0 atom stereocenters. The van der Waals surface area contributed by atoms with E-state index < -0.39 is 11.8 Å². The maximum Gasteiger partial charge on any atom is 0.323 e. The molecule has 2 N–H and O–H groups in total. The van der Waals surface area contributed by atoms with Crippen molar-refractivity contribution in [1.29, 1.82) is 0 Å². The van der Waals surface area contributed by atoms with Gasteiger partial charge < -0.3 is 19.9 Å². The number of carbonyl (C=O) groups excluding carboxylic acids is 1. The highest BCUT2D eigenvalue weighted by Gasteiger charge is 2.16. The highest BCUT2D eigenvalue weighted by molar-refractivity contribution is 6.03. The number of pyridine rings is 2. The van der Waals surface area contributed by atoms with Crippen LogP contribution in [0, 0.1) is 5.82 Å². The highest BCUT2D eigenvalue weighted by atomic mass is 19.1. The molecule has 6 rings (SSSR count). The first-order valence-electron chi connectivity index (χ1n) is 13.4. The van der Waals surface area contributed by atoms with Gasteiger partial charge >= 0.3 is 6.03 Å². The molecule has 0 saturated carbocycles. The van der Waals surface area contributed by atoms with Crippen LogP contribution in [0.25, 0.3) is 33.3 Å². The van der Waals surface area contributed by atoms with Crippen LogP contribution in [0.2, 0.25) is 0 Å². The Bertz CT molecular complexity index is 1910. The van der Waals surface area contributed by atoms with Gasteiger partial charge in [-0.25, -0.2) is 9.18 Å². The van der Waals surface area contributed by atoms with Gasteiger partial charge in [-0.15, -0.1) is 0 Å². The van der Waals surface area contributed by atoms with Crippen molar-refractivity contribution in [1.82, 2.24) is 24.3 Å². The van der Waals surface area contributed by atoms with Crippen molar-refractivity contribution in [2.24, 2.45) is 7.05 Å². The van der Waals surface area contributed by atoms with E-state index in [0.29, 0.717) is 17.1 Å². The second-order valence-electron chi connectivity index (χ2n) is 10.1. The summed E-state index contributed by atoms with van der Waals surface area (Å²) in [6.45, 7) is 4.12. The summed E-state index contributed by atoms with van der Waals surface area (Å²) in [7, 11) is 1.83. The number of halogens is 1. The molecule has 0 bridgehead atoms. The van der Waals surface area contributed by atoms with Crippen LogP contribution in [0.1, 0.15) is 19.9 Å². The molecule has 2 aromatic carbocycles. The third kappa shape index (κ3) is 5.68. The molecule has 4 aromatic heterocycles. The standard InChI is InChI=1S/C32H28FN7O2/c1-20(2)40-18-26(21-6-8-28-22(13-21)5-4-11-34-28)31(19-40)38-32(41)37-29-9-7-24(14-27(29)33)42-25-10-12-35-30(15-25)23-16-36-39(3)17-23/h4-20H,1-3H3,(H2,37,38,41). The maximum atomic E-state index is 15.0. The van der Waals surface area contributed by atoms with Gasteiger partial charge in [-0.1, -0.05) is 12.1 Å². The van der Waals surface area contributed by atoms with E-state index in [1.54, 1.807) is 41.5 Å². The monoisotopic (exact) mass is 561 g/mol. The molecule has 0 radical (unpaired) electrons. The molecule has 0 aliphatic carbocycles. The Hall–Kier alpha value is -5.51. The van der Waals surface area contributed by atoms with Gasteiger partial charge in [0, 0.05) is 72.7 Å². The van der Waals surface area contributed by atoms with Crippen LogP contribution in [0.15, 0.2) is 97.8 Å². The summed E-state index contributed by atoms with van der Waals surface area (Å²) in [5, 5.41) is 10.7.